The molecule has 0 bridgehead atoms. The average Bonchev–Trinajstić information content (AvgIpc) is 2.39. The first-order valence-electron chi connectivity index (χ1n) is 5.25. The van der Waals surface area contributed by atoms with Crippen molar-refractivity contribution >= 4 is 33.2 Å². The van der Waals surface area contributed by atoms with Crippen molar-refractivity contribution in [2.24, 2.45) is 0 Å². The lowest BCUT2D eigenvalue weighted by Gasteiger charge is -2.09. The number of benzene rings is 2. The summed E-state index contributed by atoms with van der Waals surface area (Å²) in [7, 11) is 0. The average molecular weight is 383 g/mol. The minimum Gasteiger partial charge on any atom is -0.447 e. The highest BCUT2D eigenvalue weighted by Gasteiger charge is 2.22. The zero-order valence-corrected chi connectivity index (χ0v) is 12.2. The summed E-state index contributed by atoms with van der Waals surface area (Å²) in [5.41, 5.74) is -0.679. The predicted octanol–water partition coefficient (Wildman–Crippen LogP) is 5.22. The summed E-state index contributed by atoms with van der Waals surface area (Å²) in [5, 5.41) is 10.4. The van der Waals surface area contributed by atoms with Crippen LogP contribution in [0.1, 0.15) is 0 Å². The second kappa shape index (κ2) is 5.90. The lowest BCUT2D eigenvalue weighted by molar-refractivity contribution is -0.385. The molecule has 9 heteroatoms. The third-order valence-electron chi connectivity index (χ3n) is 2.38. The second-order valence-electron chi connectivity index (χ2n) is 3.79. The van der Waals surface area contributed by atoms with E-state index in [2.05, 4.69) is 15.9 Å². The molecule has 110 valence electrons. The quantitative estimate of drug-likeness (QED) is 0.415. The molecule has 0 spiro atoms. The summed E-state index contributed by atoms with van der Waals surface area (Å²) in [6.07, 6.45) is 0. The van der Waals surface area contributed by atoms with Crippen LogP contribution in [0.5, 0.6) is 11.5 Å². The van der Waals surface area contributed by atoms with Gasteiger partial charge in [0.25, 0.3) is 0 Å². The maximum Gasteiger partial charge on any atom is 0.313 e. The van der Waals surface area contributed by atoms with Crippen LogP contribution in [-0.4, -0.2) is 4.92 Å². The molecule has 0 aliphatic carbocycles. The lowest BCUT2D eigenvalue weighted by atomic mass is 10.2. The van der Waals surface area contributed by atoms with Crippen LogP contribution in [0, 0.1) is 27.6 Å². The van der Waals surface area contributed by atoms with Crippen molar-refractivity contribution in [2.45, 2.75) is 0 Å². The molecule has 0 unspecified atom stereocenters. The van der Waals surface area contributed by atoms with Crippen LogP contribution in [0.2, 0.25) is 5.02 Å². The van der Waals surface area contributed by atoms with Gasteiger partial charge in [-0.3, -0.25) is 10.1 Å². The van der Waals surface area contributed by atoms with Crippen molar-refractivity contribution in [1.82, 2.24) is 0 Å². The molecule has 0 saturated heterocycles. The number of rotatable bonds is 3. The van der Waals surface area contributed by atoms with Crippen LogP contribution < -0.4 is 4.74 Å². The molecule has 0 fully saturated rings. The number of halogens is 5. The van der Waals surface area contributed by atoms with Gasteiger partial charge in [-0.05, 0) is 12.1 Å². The maximum atomic E-state index is 13.6. The maximum absolute atomic E-state index is 13.6. The minimum absolute atomic E-state index is 0.147. The topological polar surface area (TPSA) is 52.4 Å². The fourth-order valence-electron chi connectivity index (χ4n) is 1.47. The molecular formula is C12H4BrClF3NO3. The molecule has 0 saturated carbocycles. The molecule has 0 aromatic heterocycles. The number of nitro groups is 1. The Morgan fingerprint density at radius 1 is 1.10 bits per heavy atom. The van der Waals surface area contributed by atoms with Gasteiger partial charge in [0.2, 0.25) is 11.6 Å². The minimum atomic E-state index is -1.36. The van der Waals surface area contributed by atoms with Gasteiger partial charge in [-0.1, -0.05) is 27.5 Å². The zero-order valence-electron chi connectivity index (χ0n) is 9.87. The Morgan fingerprint density at radius 2 is 1.76 bits per heavy atom. The molecule has 0 amide bonds. The van der Waals surface area contributed by atoms with E-state index < -0.39 is 44.6 Å². The van der Waals surface area contributed by atoms with Crippen LogP contribution in [0.3, 0.4) is 0 Å². The molecule has 0 aliphatic rings. The van der Waals surface area contributed by atoms with E-state index in [4.69, 9.17) is 16.3 Å². The molecule has 0 atom stereocenters. The van der Waals surface area contributed by atoms with Gasteiger partial charge in [0.1, 0.15) is 5.82 Å². The summed E-state index contributed by atoms with van der Waals surface area (Å²) in [6, 6.07) is 3.24. The fourth-order valence-corrected chi connectivity index (χ4v) is 2.03. The molecule has 0 aliphatic heterocycles. The normalized spacial score (nSPS) is 10.5. The first-order valence-corrected chi connectivity index (χ1v) is 6.42. The first kappa shape index (κ1) is 15.6. The van der Waals surface area contributed by atoms with E-state index in [0.717, 1.165) is 18.2 Å². The molecule has 2 aromatic carbocycles. The summed E-state index contributed by atoms with van der Waals surface area (Å²) < 4.78 is 45.2. The van der Waals surface area contributed by atoms with E-state index in [-0.39, 0.29) is 4.47 Å². The van der Waals surface area contributed by atoms with E-state index in [0.29, 0.717) is 6.07 Å². The molecule has 4 nitrogen and oxygen atoms in total. The predicted molar refractivity (Wildman–Crippen MR) is 72.2 cm³/mol. The number of nitrogens with zero attached hydrogens (tertiary/aromatic N) is 1. The van der Waals surface area contributed by atoms with Crippen LogP contribution in [0.25, 0.3) is 0 Å². The summed E-state index contributed by atoms with van der Waals surface area (Å²) in [4.78, 5) is 9.98. The Labute approximate surface area is 129 Å². The first-order chi connectivity index (χ1) is 9.79. The Bertz CT molecular complexity index is 742. The molecule has 2 rings (SSSR count). The Hall–Kier alpha value is -1.80. The molecule has 2 aromatic rings. The highest BCUT2D eigenvalue weighted by Crippen LogP contribution is 2.37. The van der Waals surface area contributed by atoms with Crippen molar-refractivity contribution in [2.75, 3.05) is 0 Å². The highest BCUT2D eigenvalue weighted by atomic mass is 79.9. The Morgan fingerprint density at radius 3 is 2.38 bits per heavy atom. The van der Waals surface area contributed by atoms with Gasteiger partial charge in [-0.2, -0.15) is 4.39 Å². The van der Waals surface area contributed by atoms with Crippen LogP contribution in [0.15, 0.2) is 28.7 Å². The number of nitro benzene ring substituents is 1. The monoisotopic (exact) mass is 381 g/mol. The van der Waals surface area contributed by atoms with Crippen molar-refractivity contribution in [3.05, 3.63) is 61.3 Å². The van der Waals surface area contributed by atoms with Gasteiger partial charge in [-0.15, -0.1) is 0 Å². The standard InChI is InChI=1S/C12H4BrClF3NO3/c13-5-1-8(16)12(17)11(2-5)21-10-4-7(15)6(14)3-9(10)18(19)20/h1-4H. The molecule has 21 heavy (non-hydrogen) atoms. The third kappa shape index (κ3) is 3.27. The summed E-state index contributed by atoms with van der Waals surface area (Å²) in [5.74, 6) is -4.81. The van der Waals surface area contributed by atoms with Gasteiger partial charge in [-0.25, -0.2) is 8.78 Å². The highest BCUT2D eigenvalue weighted by molar-refractivity contribution is 9.10. The van der Waals surface area contributed by atoms with Gasteiger partial charge in [0, 0.05) is 16.6 Å². The number of hydrogen-bond donors (Lipinski definition) is 0. The van der Waals surface area contributed by atoms with Crippen LogP contribution >= 0.6 is 27.5 Å². The van der Waals surface area contributed by atoms with Crippen molar-refractivity contribution in [3.63, 3.8) is 0 Å². The lowest BCUT2D eigenvalue weighted by Crippen LogP contribution is -1.97. The third-order valence-corrected chi connectivity index (χ3v) is 3.13. The van der Waals surface area contributed by atoms with E-state index in [1.165, 1.54) is 0 Å². The largest absolute Gasteiger partial charge is 0.447 e. The van der Waals surface area contributed by atoms with Crippen molar-refractivity contribution < 1.29 is 22.8 Å². The van der Waals surface area contributed by atoms with Crippen LogP contribution in [0.4, 0.5) is 18.9 Å². The van der Waals surface area contributed by atoms with Gasteiger partial charge in [0.05, 0.1) is 9.95 Å². The van der Waals surface area contributed by atoms with Gasteiger partial charge >= 0.3 is 5.69 Å². The summed E-state index contributed by atoms with van der Waals surface area (Å²) in [6.45, 7) is 0. The molecule has 0 heterocycles. The Kier molecular flexibility index (Phi) is 4.38. The zero-order chi connectivity index (χ0) is 15.7. The summed E-state index contributed by atoms with van der Waals surface area (Å²) >= 11 is 8.36. The van der Waals surface area contributed by atoms with E-state index in [9.17, 15) is 23.3 Å². The fraction of sp³-hybridized carbons (Fsp3) is 0. The number of ether oxygens (including phenoxy) is 1. The van der Waals surface area contributed by atoms with E-state index in [1.807, 2.05) is 0 Å². The van der Waals surface area contributed by atoms with Crippen molar-refractivity contribution in [1.29, 1.82) is 0 Å². The molecular weight excluding hydrogens is 378 g/mol. The molecule has 0 N–H and O–H groups in total. The van der Waals surface area contributed by atoms with Gasteiger partial charge in [0.15, 0.2) is 11.6 Å². The van der Waals surface area contributed by atoms with Gasteiger partial charge < -0.3 is 4.74 Å². The van der Waals surface area contributed by atoms with Crippen molar-refractivity contribution in [3.8, 4) is 11.5 Å². The Balaban J connectivity index is 2.54. The second-order valence-corrected chi connectivity index (χ2v) is 5.12. The molecule has 0 radical (unpaired) electrons. The SMILES string of the molecule is O=[N+]([O-])c1cc(Cl)c(F)cc1Oc1cc(Br)cc(F)c1F. The van der Waals surface area contributed by atoms with E-state index >= 15 is 0 Å². The van der Waals surface area contributed by atoms with Crippen LogP contribution in [-0.2, 0) is 0 Å². The number of hydrogen-bond acceptors (Lipinski definition) is 3. The smallest absolute Gasteiger partial charge is 0.313 e. The van der Waals surface area contributed by atoms with E-state index in [1.54, 1.807) is 0 Å².